The van der Waals surface area contributed by atoms with Crippen LogP contribution in [-0.2, 0) is 0 Å². The molecule has 0 N–H and O–H groups in total. The molecule has 2 nitrogen and oxygen atoms in total. The number of rotatable bonds is 2. The van der Waals surface area contributed by atoms with Gasteiger partial charge in [0.05, 0.1) is 5.56 Å². The van der Waals surface area contributed by atoms with Crippen LogP contribution < -0.4 is 0 Å². The largest absolute Gasteiger partial charge is 0.453 e. The molecule has 82 valence electrons. The minimum atomic E-state index is -1.08. The summed E-state index contributed by atoms with van der Waals surface area (Å²) < 4.78 is 44.0. The van der Waals surface area contributed by atoms with Crippen LogP contribution in [0.1, 0.15) is 10.6 Å². The predicted octanol–water partition coefficient (Wildman–Crippen LogP) is 3.18. The van der Waals surface area contributed by atoms with E-state index in [1.165, 1.54) is 12.1 Å². The predicted molar refractivity (Wildman–Crippen MR) is 49.4 cm³/mol. The number of hydrogen-bond acceptors (Lipinski definition) is 2. The summed E-state index contributed by atoms with van der Waals surface area (Å²) in [6.45, 7) is 0. The van der Waals surface area contributed by atoms with E-state index >= 15 is 0 Å². The lowest BCUT2D eigenvalue weighted by molar-refractivity contribution is 0.110. The van der Waals surface area contributed by atoms with Crippen molar-refractivity contribution in [3.63, 3.8) is 0 Å². The SMILES string of the molecule is O=Cc1ccc(-c2c(F)cc(F)cc2F)o1. The Bertz CT molecular complexity index is 523. The molecule has 1 aromatic carbocycles. The summed E-state index contributed by atoms with van der Waals surface area (Å²) in [6.07, 6.45) is 0.406. The van der Waals surface area contributed by atoms with Crippen molar-refractivity contribution in [3.8, 4) is 11.3 Å². The van der Waals surface area contributed by atoms with E-state index in [9.17, 15) is 18.0 Å². The Labute approximate surface area is 88.3 Å². The van der Waals surface area contributed by atoms with Gasteiger partial charge in [-0.05, 0) is 12.1 Å². The molecule has 0 saturated carbocycles. The van der Waals surface area contributed by atoms with Gasteiger partial charge >= 0.3 is 0 Å². The summed E-state index contributed by atoms with van der Waals surface area (Å²) in [7, 11) is 0. The van der Waals surface area contributed by atoms with Crippen LogP contribution in [-0.4, -0.2) is 6.29 Å². The highest BCUT2D eigenvalue weighted by Crippen LogP contribution is 2.28. The van der Waals surface area contributed by atoms with E-state index in [4.69, 9.17) is 4.42 Å². The Morgan fingerprint density at radius 2 is 1.69 bits per heavy atom. The van der Waals surface area contributed by atoms with Crippen LogP contribution in [0.2, 0.25) is 0 Å². The first-order valence-corrected chi connectivity index (χ1v) is 4.31. The van der Waals surface area contributed by atoms with Gasteiger partial charge in [-0.2, -0.15) is 0 Å². The summed E-state index contributed by atoms with van der Waals surface area (Å²) in [5.41, 5.74) is -0.491. The van der Waals surface area contributed by atoms with Crippen LogP contribution in [0, 0.1) is 17.5 Å². The number of benzene rings is 1. The van der Waals surface area contributed by atoms with Crippen molar-refractivity contribution in [1.29, 1.82) is 0 Å². The van der Waals surface area contributed by atoms with Gasteiger partial charge in [-0.15, -0.1) is 0 Å². The van der Waals surface area contributed by atoms with E-state index in [-0.39, 0.29) is 11.5 Å². The lowest BCUT2D eigenvalue weighted by atomic mass is 10.1. The fraction of sp³-hybridized carbons (Fsp3) is 0. The highest BCUT2D eigenvalue weighted by molar-refractivity contribution is 5.73. The molecule has 0 aliphatic carbocycles. The Morgan fingerprint density at radius 3 is 2.19 bits per heavy atom. The minimum absolute atomic E-state index is 0.0573. The lowest BCUT2D eigenvalue weighted by Gasteiger charge is -2.01. The molecule has 0 saturated heterocycles. The number of halogens is 3. The van der Waals surface area contributed by atoms with Gasteiger partial charge in [-0.1, -0.05) is 0 Å². The molecule has 5 heteroatoms. The van der Waals surface area contributed by atoms with Crippen LogP contribution in [0.15, 0.2) is 28.7 Å². The van der Waals surface area contributed by atoms with Gasteiger partial charge in [0.1, 0.15) is 23.2 Å². The zero-order valence-electron chi connectivity index (χ0n) is 7.84. The highest BCUT2D eigenvalue weighted by atomic mass is 19.1. The van der Waals surface area contributed by atoms with E-state index in [2.05, 4.69) is 0 Å². The van der Waals surface area contributed by atoms with Gasteiger partial charge in [0.25, 0.3) is 0 Å². The fourth-order valence-electron chi connectivity index (χ4n) is 1.33. The average molecular weight is 226 g/mol. The van der Waals surface area contributed by atoms with Crippen molar-refractivity contribution < 1.29 is 22.4 Å². The molecular formula is C11H5F3O2. The van der Waals surface area contributed by atoms with E-state index < -0.39 is 23.0 Å². The molecule has 2 aromatic rings. The molecule has 1 heterocycles. The van der Waals surface area contributed by atoms with Crippen molar-refractivity contribution in [1.82, 2.24) is 0 Å². The second-order valence-corrected chi connectivity index (χ2v) is 3.06. The molecule has 0 atom stereocenters. The fourth-order valence-corrected chi connectivity index (χ4v) is 1.33. The first-order valence-electron chi connectivity index (χ1n) is 4.31. The molecule has 0 fully saturated rings. The standard InChI is InChI=1S/C11H5F3O2/c12-6-3-8(13)11(9(14)4-6)10-2-1-7(5-15)16-10/h1-5H. The van der Waals surface area contributed by atoms with Crippen molar-refractivity contribution in [3.05, 3.63) is 47.5 Å². The maximum Gasteiger partial charge on any atom is 0.185 e. The number of carbonyl (C=O) groups is 1. The van der Waals surface area contributed by atoms with E-state index in [1.807, 2.05) is 0 Å². The molecular weight excluding hydrogens is 221 g/mol. The summed E-state index contributed by atoms with van der Waals surface area (Å²) >= 11 is 0. The smallest absolute Gasteiger partial charge is 0.185 e. The van der Waals surface area contributed by atoms with Gasteiger partial charge in [-0.3, -0.25) is 4.79 Å². The van der Waals surface area contributed by atoms with Crippen molar-refractivity contribution >= 4 is 6.29 Å². The number of furan rings is 1. The van der Waals surface area contributed by atoms with E-state index in [0.717, 1.165) is 0 Å². The van der Waals surface area contributed by atoms with Crippen LogP contribution in [0.4, 0.5) is 13.2 Å². The molecule has 1 aromatic heterocycles. The van der Waals surface area contributed by atoms with Gasteiger partial charge < -0.3 is 4.42 Å². The summed E-state index contributed by atoms with van der Waals surface area (Å²) in [4.78, 5) is 10.3. The molecule has 2 rings (SSSR count). The second-order valence-electron chi connectivity index (χ2n) is 3.06. The third-order valence-electron chi connectivity index (χ3n) is 2.00. The Kier molecular flexibility index (Phi) is 2.52. The van der Waals surface area contributed by atoms with Gasteiger partial charge in [0.15, 0.2) is 12.0 Å². The Morgan fingerprint density at radius 1 is 1.06 bits per heavy atom. The first kappa shape index (κ1) is 10.5. The molecule has 0 aliphatic rings. The van der Waals surface area contributed by atoms with Gasteiger partial charge in [-0.25, -0.2) is 13.2 Å². The third-order valence-corrected chi connectivity index (χ3v) is 2.00. The number of aldehydes is 1. The zero-order chi connectivity index (χ0) is 11.7. The van der Waals surface area contributed by atoms with Crippen molar-refractivity contribution in [2.24, 2.45) is 0 Å². The normalized spacial score (nSPS) is 10.4. The summed E-state index contributed by atoms with van der Waals surface area (Å²) in [6, 6.07) is 3.59. The maximum atomic E-state index is 13.3. The Balaban J connectivity index is 2.59. The zero-order valence-corrected chi connectivity index (χ0v) is 7.84. The van der Waals surface area contributed by atoms with Crippen LogP contribution in [0.5, 0.6) is 0 Å². The van der Waals surface area contributed by atoms with Gasteiger partial charge in [0.2, 0.25) is 0 Å². The maximum absolute atomic E-state index is 13.3. The molecule has 0 unspecified atom stereocenters. The number of hydrogen-bond donors (Lipinski definition) is 0. The summed E-state index contributed by atoms with van der Waals surface area (Å²) in [5, 5.41) is 0. The van der Waals surface area contributed by atoms with Crippen molar-refractivity contribution in [2.75, 3.05) is 0 Å². The topological polar surface area (TPSA) is 30.2 Å². The average Bonchev–Trinajstić information content (AvgIpc) is 2.64. The number of carbonyl (C=O) groups excluding carboxylic acids is 1. The minimum Gasteiger partial charge on any atom is -0.453 e. The first-order chi connectivity index (χ1) is 7.61. The molecule has 0 radical (unpaired) electrons. The van der Waals surface area contributed by atoms with Crippen molar-refractivity contribution in [2.45, 2.75) is 0 Å². The molecule has 0 aliphatic heterocycles. The van der Waals surface area contributed by atoms with Gasteiger partial charge in [0, 0.05) is 12.1 Å². The Hall–Kier alpha value is -2.04. The second kappa shape index (κ2) is 3.84. The third kappa shape index (κ3) is 1.71. The molecule has 0 spiro atoms. The lowest BCUT2D eigenvalue weighted by Crippen LogP contribution is -1.91. The van der Waals surface area contributed by atoms with Crippen LogP contribution in [0.3, 0.4) is 0 Å². The highest BCUT2D eigenvalue weighted by Gasteiger charge is 2.16. The summed E-state index contributed by atoms with van der Waals surface area (Å²) in [5.74, 6) is -3.38. The molecule has 0 amide bonds. The van der Waals surface area contributed by atoms with E-state index in [0.29, 0.717) is 18.4 Å². The van der Waals surface area contributed by atoms with E-state index in [1.54, 1.807) is 0 Å². The monoisotopic (exact) mass is 226 g/mol. The molecule has 0 bridgehead atoms. The van der Waals surface area contributed by atoms with Crippen LogP contribution >= 0.6 is 0 Å². The van der Waals surface area contributed by atoms with Crippen LogP contribution in [0.25, 0.3) is 11.3 Å². The quantitative estimate of drug-likeness (QED) is 0.736. The molecule has 16 heavy (non-hydrogen) atoms.